The lowest BCUT2D eigenvalue weighted by atomic mass is 10.1. The molecule has 0 aliphatic carbocycles. The van der Waals surface area contributed by atoms with E-state index in [1.165, 1.54) is 24.3 Å². The molecule has 26 heavy (non-hydrogen) atoms. The zero-order valence-electron chi connectivity index (χ0n) is 15.0. The van der Waals surface area contributed by atoms with Gasteiger partial charge in [0.05, 0.1) is 11.5 Å². The summed E-state index contributed by atoms with van der Waals surface area (Å²) >= 11 is 0. The number of amides is 1. The number of benzene rings is 1. The first kappa shape index (κ1) is 19.5. The van der Waals surface area contributed by atoms with Crippen molar-refractivity contribution < 1.29 is 28.7 Å². The molecule has 9 nitrogen and oxygen atoms in total. The lowest BCUT2D eigenvalue weighted by Gasteiger charge is -2.24. The second-order valence-corrected chi connectivity index (χ2v) is 7.00. The Hall–Kier alpha value is -2.84. The van der Waals surface area contributed by atoms with Gasteiger partial charge < -0.3 is 19.1 Å². The predicted molar refractivity (Wildman–Crippen MR) is 91.0 cm³/mol. The number of rotatable bonds is 4. The van der Waals surface area contributed by atoms with Gasteiger partial charge in [0.1, 0.15) is 11.4 Å². The Morgan fingerprint density at radius 3 is 2.50 bits per heavy atom. The summed E-state index contributed by atoms with van der Waals surface area (Å²) in [7, 11) is 0. The van der Waals surface area contributed by atoms with E-state index in [2.05, 4.69) is 0 Å². The number of hydrogen-bond donors (Lipinski definition) is 0. The predicted octanol–water partition coefficient (Wildman–Crippen LogP) is 3.37. The molecule has 1 aromatic carbocycles. The van der Waals surface area contributed by atoms with Crippen LogP contribution in [-0.4, -0.2) is 47.4 Å². The van der Waals surface area contributed by atoms with Gasteiger partial charge >= 0.3 is 12.2 Å². The lowest BCUT2D eigenvalue weighted by molar-refractivity contribution is -0.384. The molecule has 0 spiro atoms. The van der Waals surface area contributed by atoms with Gasteiger partial charge in [0.15, 0.2) is 0 Å². The first-order chi connectivity index (χ1) is 12.1. The van der Waals surface area contributed by atoms with E-state index < -0.39 is 16.7 Å². The molecule has 142 valence electrons. The average Bonchev–Trinajstić information content (AvgIpc) is 3.01. The molecule has 1 fully saturated rings. The first-order valence-electron chi connectivity index (χ1n) is 8.21. The maximum Gasteiger partial charge on any atom is 0.513 e. The first-order valence-corrected chi connectivity index (χ1v) is 8.21. The van der Waals surface area contributed by atoms with Crippen LogP contribution in [0.3, 0.4) is 0 Å². The molecule has 1 aliphatic heterocycles. The van der Waals surface area contributed by atoms with Crippen molar-refractivity contribution in [3.63, 3.8) is 0 Å². The minimum atomic E-state index is -0.894. The van der Waals surface area contributed by atoms with Gasteiger partial charge in [-0.3, -0.25) is 10.1 Å². The highest BCUT2D eigenvalue weighted by molar-refractivity contribution is 5.68. The van der Waals surface area contributed by atoms with Crippen LogP contribution in [0.15, 0.2) is 24.3 Å². The molecular formula is C17H22N2O7. The number of likely N-dealkylation sites (tertiary alicyclic amines) is 1. The Kier molecular flexibility index (Phi) is 6.01. The van der Waals surface area contributed by atoms with E-state index >= 15 is 0 Å². The Balaban J connectivity index is 1.74. The fraction of sp³-hybridized carbons (Fsp3) is 0.529. The van der Waals surface area contributed by atoms with Crippen LogP contribution in [0.1, 0.15) is 27.2 Å². The normalized spacial score (nSPS) is 16.9. The molecule has 0 aromatic heterocycles. The van der Waals surface area contributed by atoms with E-state index in [4.69, 9.17) is 14.2 Å². The van der Waals surface area contributed by atoms with Crippen molar-refractivity contribution in [2.45, 2.75) is 32.8 Å². The third-order valence-corrected chi connectivity index (χ3v) is 3.62. The van der Waals surface area contributed by atoms with Crippen molar-refractivity contribution in [2.24, 2.45) is 5.92 Å². The van der Waals surface area contributed by atoms with Crippen molar-refractivity contribution in [3.05, 3.63) is 34.4 Å². The van der Waals surface area contributed by atoms with Gasteiger partial charge in [0, 0.05) is 31.1 Å². The molecule has 0 N–H and O–H groups in total. The molecule has 0 radical (unpaired) electrons. The maximum absolute atomic E-state index is 12.0. The van der Waals surface area contributed by atoms with Gasteiger partial charge in [0.2, 0.25) is 0 Å². The van der Waals surface area contributed by atoms with E-state index in [-0.39, 0.29) is 30.1 Å². The summed E-state index contributed by atoms with van der Waals surface area (Å²) in [6.45, 7) is 6.51. The minimum absolute atomic E-state index is 0.00642. The monoisotopic (exact) mass is 366 g/mol. The Labute approximate surface area is 151 Å². The van der Waals surface area contributed by atoms with Crippen molar-refractivity contribution in [3.8, 4) is 5.75 Å². The number of nitro groups is 1. The minimum Gasteiger partial charge on any atom is -0.444 e. The van der Waals surface area contributed by atoms with Crippen LogP contribution in [0.4, 0.5) is 15.3 Å². The van der Waals surface area contributed by atoms with Crippen LogP contribution in [0.5, 0.6) is 5.75 Å². The molecule has 0 bridgehead atoms. The summed E-state index contributed by atoms with van der Waals surface area (Å²) in [5.74, 6) is 0.161. The summed E-state index contributed by atoms with van der Waals surface area (Å²) < 4.78 is 15.3. The molecule has 1 atom stereocenters. The topological polar surface area (TPSA) is 108 Å². The van der Waals surface area contributed by atoms with Crippen molar-refractivity contribution >= 4 is 17.9 Å². The SMILES string of the molecule is CC(C)(C)OC(=O)N1CC[C@H](COC(=O)Oc2ccc([N+](=O)[O-])cc2)C1. The molecule has 1 saturated heterocycles. The Morgan fingerprint density at radius 1 is 1.27 bits per heavy atom. The largest absolute Gasteiger partial charge is 0.513 e. The molecule has 0 unspecified atom stereocenters. The number of carbonyl (C=O) groups excluding carboxylic acids is 2. The summed E-state index contributed by atoms with van der Waals surface area (Å²) in [5.41, 5.74) is -0.654. The molecule has 1 aliphatic rings. The van der Waals surface area contributed by atoms with Crippen LogP contribution in [0.2, 0.25) is 0 Å². The molecule has 0 saturated carbocycles. The van der Waals surface area contributed by atoms with Crippen LogP contribution < -0.4 is 4.74 Å². The highest BCUT2D eigenvalue weighted by atomic mass is 16.7. The number of non-ortho nitro benzene ring substituents is 1. The average molecular weight is 366 g/mol. The lowest BCUT2D eigenvalue weighted by Crippen LogP contribution is -2.35. The number of carbonyl (C=O) groups is 2. The van der Waals surface area contributed by atoms with Gasteiger partial charge in [-0.15, -0.1) is 0 Å². The fourth-order valence-electron chi connectivity index (χ4n) is 2.41. The maximum atomic E-state index is 12.0. The third-order valence-electron chi connectivity index (χ3n) is 3.62. The van der Waals surface area contributed by atoms with E-state index in [1.807, 2.05) is 0 Å². The summed E-state index contributed by atoms with van der Waals surface area (Å²) in [6.07, 6.45) is -0.577. The quantitative estimate of drug-likeness (QED) is 0.348. The highest BCUT2D eigenvalue weighted by Crippen LogP contribution is 2.21. The zero-order valence-corrected chi connectivity index (χ0v) is 15.0. The third kappa shape index (κ3) is 5.91. The van der Waals surface area contributed by atoms with Crippen molar-refractivity contribution in [2.75, 3.05) is 19.7 Å². The molecule has 9 heteroatoms. The second kappa shape index (κ2) is 8.03. The molecule has 1 aromatic rings. The van der Waals surface area contributed by atoms with E-state index in [0.717, 1.165) is 0 Å². The summed E-state index contributed by atoms with van der Waals surface area (Å²) in [6, 6.07) is 5.11. The van der Waals surface area contributed by atoms with Crippen LogP contribution >= 0.6 is 0 Å². The number of nitro benzene ring substituents is 1. The summed E-state index contributed by atoms with van der Waals surface area (Å²) in [4.78, 5) is 35.3. The standard InChI is InChI=1S/C17H22N2O7/c1-17(2,3)26-15(20)18-9-8-12(10-18)11-24-16(21)25-14-6-4-13(5-7-14)19(22)23/h4-7,12H,8-11H2,1-3H3/t12-/m0/s1. The fourth-order valence-corrected chi connectivity index (χ4v) is 2.41. The van der Waals surface area contributed by atoms with E-state index in [9.17, 15) is 19.7 Å². The molecule has 1 heterocycles. The number of hydrogen-bond acceptors (Lipinski definition) is 7. The van der Waals surface area contributed by atoms with E-state index in [1.54, 1.807) is 25.7 Å². The van der Waals surface area contributed by atoms with Gasteiger partial charge in [-0.05, 0) is 39.3 Å². The van der Waals surface area contributed by atoms with Crippen LogP contribution in [0.25, 0.3) is 0 Å². The van der Waals surface area contributed by atoms with Crippen LogP contribution in [-0.2, 0) is 9.47 Å². The van der Waals surface area contributed by atoms with Crippen LogP contribution in [0, 0.1) is 16.0 Å². The highest BCUT2D eigenvalue weighted by Gasteiger charge is 2.30. The van der Waals surface area contributed by atoms with Crippen molar-refractivity contribution in [1.82, 2.24) is 4.90 Å². The summed E-state index contributed by atoms with van der Waals surface area (Å²) in [5, 5.41) is 10.6. The zero-order chi connectivity index (χ0) is 19.3. The Morgan fingerprint density at radius 2 is 1.92 bits per heavy atom. The number of ether oxygens (including phenoxy) is 3. The smallest absolute Gasteiger partial charge is 0.444 e. The number of nitrogens with zero attached hydrogens (tertiary/aromatic N) is 2. The van der Waals surface area contributed by atoms with Gasteiger partial charge in [0.25, 0.3) is 5.69 Å². The molecular weight excluding hydrogens is 344 g/mol. The van der Waals surface area contributed by atoms with Gasteiger partial charge in [-0.1, -0.05) is 0 Å². The van der Waals surface area contributed by atoms with E-state index in [0.29, 0.717) is 19.5 Å². The molecule has 1 amide bonds. The Bertz CT molecular complexity index is 667. The molecule has 2 rings (SSSR count). The second-order valence-electron chi connectivity index (χ2n) is 7.00. The van der Waals surface area contributed by atoms with Crippen molar-refractivity contribution in [1.29, 1.82) is 0 Å². The van der Waals surface area contributed by atoms with Gasteiger partial charge in [-0.2, -0.15) is 0 Å². The van der Waals surface area contributed by atoms with Gasteiger partial charge in [-0.25, -0.2) is 9.59 Å².